The summed E-state index contributed by atoms with van der Waals surface area (Å²) in [6.07, 6.45) is 1.79. The number of nitrogens with one attached hydrogen (secondary N) is 1. The number of amides is 2. The maximum absolute atomic E-state index is 13.0. The van der Waals surface area contributed by atoms with Gasteiger partial charge in [0.25, 0.3) is 11.8 Å². The molecule has 37 heavy (non-hydrogen) atoms. The number of thiocarbonyl (C=S) groups is 1. The summed E-state index contributed by atoms with van der Waals surface area (Å²) in [5.74, 6) is 1.58. The Kier molecular flexibility index (Phi) is 8.81. The molecule has 0 atom stereocenters. The number of anilines is 2. The minimum Gasteiger partial charge on any atom is -0.494 e. The molecule has 3 aromatic rings. The number of rotatable bonds is 10. The summed E-state index contributed by atoms with van der Waals surface area (Å²) in [6.45, 7) is 4.86. The van der Waals surface area contributed by atoms with Crippen LogP contribution in [0.3, 0.4) is 0 Å². The number of ether oxygens (including phenoxy) is 3. The van der Waals surface area contributed by atoms with Gasteiger partial charge in [0, 0.05) is 5.69 Å². The lowest BCUT2D eigenvalue weighted by atomic mass is 10.2. The average Bonchev–Trinajstić information content (AvgIpc) is 3.18. The van der Waals surface area contributed by atoms with Crippen LogP contribution in [0.5, 0.6) is 17.2 Å². The Morgan fingerprint density at radius 2 is 1.41 bits per heavy atom. The maximum Gasteiger partial charge on any atom is 0.270 e. The first-order chi connectivity index (χ1) is 18.0. The number of thioether (sulfide) groups is 1. The molecule has 0 bridgehead atoms. The molecule has 0 aromatic heterocycles. The van der Waals surface area contributed by atoms with E-state index in [4.69, 9.17) is 26.4 Å². The van der Waals surface area contributed by atoms with Crippen LogP contribution in [-0.2, 0) is 9.59 Å². The van der Waals surface area contributed by atoms with Crippen LogP contribution in [0.1, 0.15) is 19.4 Å². The Morgan fingerprint density at radius 1 is 0.865 bits per heavy atom. The molecule has 2 amide bonds. The minimum atomic E-state index is -0.272. The van der Waals surface area contributed by atoms with Crippen molar-refractivity contribution in [2.45, 2.75) is 13.8 Å². The predicted molar refractivity (Wildman–Crippen MR) is 151 cm³/mol. The number of nitrogens with zero attached hydrogens (tertiary/aromatic N) is 1. The molecule has 0 spiro atoms. The van der Waals surface area contributed by atoms with Gasteiger partial charge < -0.3 is 19.5 Å². The van der Waals surface area contributed by atoms with Crippen molar-refractivity contribution in [3.63, 3.8) is 0 Å². The minimum absolute atomic E-state index is 0.132. The second kappa shape index (κ2) is 12.4. The largest absolute Gasteiger partial charge is 0.494 e. The monoisotopic (exact) mass is 534 g/mol. The Morgan fingerprint density at radius 3 is 2.00 bits per heavy atom. The van der Waals surface area contributed by atoms with E-state index in [0.717, 1.165) is 17.1 Å². The Bertz CT molecular complexity index is 1290. The fourth-order valence-corrected chi connectivity index (χ4v) is 4.81. The van der Waals surface area contributed by atoms with Crippen LogP contribution in [0.25, 0.3) is 6.08 Å². The van der Waals surface area contributed by atoms with Gasteiger partial charge in [0.15, 0.2) is 10.9 Å². The van der Waals surface area contributed by atoms with Gasteiger partial charge in [-0.25, -0.2) is 0 Å². The van der Waals surface area contributed by atoms with Crippen LogP contribution in [0.2, 0.25) is 0 Å². The van der Waals surface area contributed by atoms with Gasteiger partial charge in [0.2, 0.25) is 0 Å². The first-order valence-corrected chi connectivity index (χ1v) is 13.0. The molecule has 1 aliphatic rings. The van der Waals surface area contributed by atoms with Gasteiger partial charge in [-0.2, -0.15) is 0 Å². The van der Waals surface area contributed by atoms with E-state index in [1.165, 1.54) is 16.7 Å². The lowest BCUT2D eigenvalue weighted by Crippen LogP contribution is -2.27. The summed E-state index contributed by atoms with van der Waals surface area (Å²) < 4.78 is 16.9. The van der Waals surface area contributed by atoms with E-state index < -0.39 is 0 Å². The van der Waals surface area contributed by atoms with Gasteiger partial charge in [-0.3, -0.25) is 14.5 Å². The highest BCUT2D eigenvalue weighted by atomic mass is 32.2. The van der Waals surface area contributed by atoms with E-state index in [0.29, 0.717) is 39.6 Å². The fourth-order valence-electron chi connectivity index (χ4n) is 3.51. The van der Waals surface area contributed by atoms with Gasteiger partial charge in [-0.15, -0.1) is 0 Å². The number of carbonyl (C=O) groups is 2. The second-order valence-electron chi connectivity index (χ2n) is 7.81. The van der Waals surface area contributed by atoms with E-state index in [-0.39, 0.29) is 18.4 Å². The summed E-state index contributed by atoms with van der Waals surface area (Å²) in [4.78, 5) is 27.3. The molecule has 9 heteroatoms. The van der Waals surface area contributed by atoms with Gasteiger partial charge in [-0.05, 0) is 86.2 Å². The Labute approximate surface area is 225 Å². The average molecular weight is 535 g/mol. The molecule has 4 rings (SSSR count). The van der Waals surface area contributed by atoms with E-state index in [2.05, 4.69) is 5.32 Å². The topological polar surface area (TPSA) is 77.1 Å². The smallest absolute Gasteiger partial charge is 0.270 e. The van der Waals surface area contributed by atoms with Crippen molar-refractivity contribution in [3.8, 4) is 17.2 Å². The summed E-state index contributed by atoms with van der Waals surface area (Å²) in [5, 5.41) is 2.78. The van der Waals surface area contributed by atoms with Crippen molar-refractivity contribution >= 4 is 57.6 Å². The van der Waals surface area contributed by atoms with Crippen LogP contribution in [0.15, 0.2) is 77.7 Å². The van der Waals surface area contributed by atoms with E-state index >= 15 is 0 Å². The van der Waals surface area contributed by atoms with Crippen molar-refractivity contribution < 1.29 is 23.8 Å². The molecule has 1 saturated heterocycles. The maximum atomic E-state index is 13.0. The highest BCUT2D eigenvalue weighted by Gasteiger charge is 2.33. The molecule has 0 unspecified atom stereocenters. The van der Waals surface area contributed by atoms with Crippen LogP contribution in [-0.4, -0.2) is 36.0 Å². The SMILES string of the molecule is CCOc1ccc(NC(=O)COc2ccc(/C=C3\SC(=S)N(c4ccc(OCC)cc4)C3=O)cc2)cc1. The third kappa shape index (κ3) is 6.90. The molecular formula is C28H26N2O5S2. The first kappa shape index (κ1) is 26.2. The first-order valence-electron chi connectivity index (χ1n) is 11.7. The molecule has 0 aliphatic carbocycles. The second-order valence-corrected chi connectivity index (χ2v) is 9.48. The van der Waals surface area contributed by atoms with Crippen molar-refractivity contribution in [1.29, 1.82) is 0 Å². The van der Waals surface area contributed by atoms with Crippen LogP contribution >= 0.6 is 24.0 Å². The summed E-state index contributed by atoms with van der Waals surface area (Å²) in [7, 11) is 0. The summed E-state index contributed by atoms with van der Waals surface area (Å²) >= 11 is 6.71. The molecule has 1 N–H and O–H groups in total. The highest BCUT2D eigenvalue weighted by molar-refractivity contribution is 8.27. The zero-order chi connectivity index (χ0) is 26.2. The molecule has 0 saturated carbocycles. The van der Waals surface area contributed by atoms with Gasteiger partial charge in [0.1, 0.15) is 17.2 Å². The van der Waals surface area contributed by atoms with Gasteiger partial charge in [-0.1, -0.05) is 36.1 Å². The Balaban J connectivity index is 1.32. The number of hydrogen-bond donors (Lipinski definition) is 1. The van der Waals surface area contributed by atoms with E-state index in [1.807, 2.05) is 50.2 Å². The van der Waals surface area contributed by atoms with Crippen LogP contribution in [0.4, 0.5) is 11.4 Å². The van der Waals surface area contributed by atoms with Gasteiger partial charge in [0.05, 0.1) is 23.8 Å². The summed E-state index contributed by atoms with van der Waals surface area (Å²) in [5.41, 5.74) is 2.18. The lowest BCUT2D eigenvalue weighted by Gasteiger charge is -2.15. The van der Waals surface area contributed by atoms with Crippen molar-refractivity contribution in [2.24, 2.45) is 0 Å². The number of hydrogen-bond acceptors (Lipinski definition) is 7. The Hall–Kier alpha value is -3.82. The fraction of sp³-hybridized carbons (Fsp3) is 0.179. The third-order valence-electron chi connectivity index (χ3n) is 5.20. The molecule has 1 fully saturated rings. The quantitative estimate of drug-likeness (QED) is 0.256. The summed E-state index contributed by atoms with van der Waals surface area (Å²) in [6, 6.07) is 21.6. The number of benzene rings is 3. The number of carbonyl (C=O) groups excluding carboxylic acids is 2. The van der Waals surface area contributed by atoms with E-state index in [1.54, 1.807) is 42.5 Å². The lowest BCUT2D eigenvalue weighted by molar-refractivity contribution is -0.118. The molecule has 0 radical (unpaired) electrons. The molecule has 1 aliphatic heterocycles. The predicted octanol–water partition coefficient (Wildman–Crippen LogP) is 5.91. The molecule has 7 nitrogen and oxygen atoms in total. The normalized spacial score (nSPS) is 14.1. The third-order valence-corrected chi connectivity index (χ3v) is 6.50. The molecule has 3 aromatic carbocycles. The van der Waals surface area contributed by atoms with Crippen LogP contribution < -0.4 is 24.4 Å². The van der Waals surface area contributed by atoms with Crippen molar-refractivity contribution in [1.82, 2.24) is 0 Å². The zero-order valence-electron chi connectivity index (χ0n) is 20.4. The molecular weight excluding hydrogens is 508 g/mol. The molecule has 190 valence electrons. The van der Waals surface area contributed by atoms with Gasteiger partial charge >= 0.3 is 0 Å². The zero-order valence-corrected chi connectivity index (χ0v) is 22.1. The van der Waals surface area contributed by atoms with E-state index in [9.17, 15) is 9.59 Å². The standard InChI is InChI=1S/C28H26N2O5S2/c1-3-33-22-13-7-20(8-14-22)29-26(31)18-35-24-11-5-19(6-12-24)17-25-27(32)30(28(36)37-25)21-9-15-23(16-10-21)34-4-2/h5-17H,3-4,18H2,1-2H3,(H,29,31)/b25-17-. The molecule has 1 heterocycles. The van der Waals surface area contributed by atoms with Crippen molar-refractivity contribution in [3.05, 3.63) is 83.3 Å². The van der Waals surface area contributed by atoms with Crippen molar-refractivity contribution in [2.75, 3.05) is 30.0 Å². The van der Waals surface area contributed by atoms with Crippen LogP contribution in [0, 0.1) is 0 Å². The highest BCUT2D eigenvalue weighted by Crippen LogP contribution is 2.36.